The van der Waals surface area contributed by atoms with E-state index in [2.05, 4.69) is 158 Å². The summed E-state index contributed by atoms with van der Waals surface area (Å²) < 4.78 is 4.56. The van der Waals surface area contributed by atoms with Gasteiger partial charge in [0.15, 0.2) is 0 Å². The van der Waals surface area contributed by atoms with E-state index in [1.165, 1.54) is 48.2 Å². The van der Waals surface area contributed by atoms with Crippen LogP contribution in [-0.4, -0.2) is 29.8 Å². The first-order valence-electron chi connectivity index (χ1n) is 21.0. The molecule has 0 aliphatic carbocycles. The second kappa shape index (κ2) is 15.1. The third kappa shape index (κ3) is 6.34. The van der Waals surface area contributed by atoms with Crippen LogP contribution in [0.4, 0.5) is 17.1 Å². The summed E-state index contributed by atoms with van der Waals surface area (Å²) in [6, 6.07) is 41.5. The van der Waals surface area contributed by atoms with Crippen LogP contribution < -0.4 is 36.0 Å². The molecule has 8 aromatic rings. The van der Waals surface area contributed by atoms with E-state index < -0.39 is 0 Å². The summed E-state index contributed by atoms with van der Waals surface area (Å²) in [5.74, 6) is 0. The third-order valence-corrected chi connectivity index (χ3v) is 15.4. The highest BCUT2D eigenvalue weighted by molar-refractivity contribution is 8.09. The van der Waals surface area contributed by atoms with Gasteiger partial charge in [-0.15, -0.1) is 0 Å². The number of hydrogen-bond acceptors (Lipinski definition) is 8. The van der Waals surface area contributed by atoms with Crippen molar-refractivity contribution >= 4 is 105 Å². The Hall–Kier alpha value is -7.03. The highest BCUT2D eigenvalue weighted by Gasteiger charge is 2.26. The minimum absolute atomic E-state index is 0.107. The smallest absolute Gasteiger partial charge is 0.136 e. The maximum absolute atomic E-state index is 10.6. The van der Waals surface area contributed by atoms with Crippen molar-refractivity contribution in [3.8, 4) is 18.2 Å². The summed E-state index contributed by atoms with van der Waals surface area (Å²) in [4.78, 5) is 7.01. The maximum atomic E-state index is 10.6. The summed E-state index contributed by atoms with van der Waals surface area (Å²) >= 11 is 3.58. The average molecular weight is 857 g/mol. The van der Waals surface area contributed by atoms with Gasteiger partial charge in [0, 0.05) is 96.4 Å². The molecule has 2 aliphatic heterocycles. The van der Waals surface area contributed by atoms with Crippen LogP contribution in [0, 0.1) is 54.8 Å². The minimum atomic E-state index is 0.107. The summed E-state index contributed by atoms with van der Waals surface area (Å²) in [7, 11) is 6.31. The lowest BCUT2D eigenvalue weighted by atomic mass is 10.1. The van der Waals surface area contributed by atoms with Crippen molar-refractivity contribution in [1.82, 2.24) is 9.13 Å². The molecule has 63 heavy (non-hydrogen) atoms. The fourth-order valence-electron chi connectivity index (χ4n) is 9.35. The Morgan fingerprint density at radius 1 is 0.571 bits per heavy atom. The predicted octanol–water partition coefficient (Wildman–Crippen LogP) is 9.55. The van der Waals surface area contributed by atoms with E-state index in [9.17, 15) is 15.8 Å². The Labute approximate surface area is 374 Å². The van der Waals surface area contributed by atoms with Crippen molar-refractivity contribution in [3.63, 3.8) is 0 Å². The van der Waals surface area contributed by atoms with Crippen molar-refractivity contribution in [2.45, 2.75) is 50.5 Å². The average Bonchev–Trinajstić information content (AvgIpc) is 3.98. The Kier molecular flexibility index (Phi) is 9.60. The summed E-state index contributed by atoms with van der Waals surface area (Å²) in [6.07, 6.45) is 0. The number of fused-ring (bicyclic) bond motifs is 8. The number of aromatic nitrogens is 2. The van der Waals surface area contributed by atoms with E-state index in [4.69, 9.17) is 0 Å². The second-order valence-corrected chi connectivity index (χ2v) is 19.0. The number of thioether (sulfide) groups is 2. The van der Waals surface area contributed by atoms with Crippen LogP contribution >= 0.6 is 23.5 Å². The lowest BCUT2D eigenvalue weighted by Crippen LogP contribution is -2.17. The van der Waals surface area contributed by atoms with Crippen molar-refractivity contribution in [1.29, 1.82) is 15.8 Å². The van der Waals surface area contributed by atoms with E-state index >= 15 is 0 Å². The highest BCUT2D eigenvalue weighted by Crippen LogP contribution is 2.48. The number of aryl methyl sites for hydroxylation is 4. The van der Waals surface area contributed by atoms with Crippen LogP contribution in [0.3, 0.4) is 0 Å². The van der Waals surface area contributed by atoms with Crippen molar-refractivity contribution < 1.29 is 0 Å². The van der Waals surface area contributed by atoms with Crippen molar-refractivity contribution in [3.05, 3.63) is 135 Å². The van der Waals surface area contributed by atoms with Crippen LogP contribution in [0.15, 0.2) is 107 Å². The molecule has 10 heteroatoms. The normalized spacial score (nSPS) is 15.6. The van der Waals surface area contributed by atoms with Gasteiger partial charge in [0.25, 0.3) is 0 Å². The van der Waals surface area contributed by atoms with Gasteiger partial charge in [0.2, 0.25) is 0 Å². The van der Waals surface area contributed by atoms with Gasteiger partial charge in [-0.1, -0.05) is 72.1 Å². The van der Waals surface area contributed by atoms with E-state index in [-0.39, 0.29) is 11.6 Å². The molecule has 0 amide bonds. The van der Waals surface area contributed by atoms with Crippen LogP contribution in [-0.2, 0) is 7.05 Å². The van der Waals surface area contributed by atoms with E-state index in [1.54, 1.807) is 11.8 Å². The molecule has 0 fully saturated rings. The number of nitriles is 3. The molecular formula is C53H44N8S2. The zero-order valence-electron chi connectivity index (χ0n) is 36.5. The summed E-state index contributed by atoms with van der Waals surface area (Å²) in [6.45, 7) is 11.3. The maximum Gasteiger partial charge on any atom is 0.136 e. The van der Waals surface area contributed by atoms with Gasteiger partial charge in [-0.2, -0.15) is 15.8 Å². The molecule has 0 saturated carbocycles. The van der Waals surface area contributed by atoms with Gasteiger partial charge in [-0.25, -0.2) is 0 Å². The standard InChI is InChI=1S/C53H44N8S2/c1-29(2)61-46-21-34(10-14-41(46)42-16-12-36(23-47(42)61)53-59(7)48-17-30(3)31(4)19-50(48)62-53)38(27-56)28-57-43-24-51-49(18-32(43)5)60(8)52(63-51)35-11-15-40-39-13-9-33(37(25-54)26-55)20-44(39)58(6)45(40)22-35/h9-24,29,57H,28H2,1-8H3/b38-34+,52-35+,53-36+. The molecule has 1 N–H and O–H groups in total. The van der Waals surface area contributed by atoms with Gasteiger partial charge in [0.1, 0.15) is 17.7 Å². The fraction of sp³-hybridized carbons (Fsp3) is 0.189. The lowest BCUT2D eigenvalue weighted by Gasteiger charge is -2.16. The fourth-order valence-corrected chi connectivity index (χ4v) is 11.7. The van der Waals surface area contributed by atoms with Crippen molar-refractivity contribution in [2.24, 2.45) is 7.05 Å². The molecule has 0 unspecified atom stereocenters. The molecule has 2 aliphatic rings. The van der Waals surface area contributed by atoms with Crippen LogP contribution in [0.25, 0.3) is 64.8 Å². The zero-order valence-corrected chi connectivity index (χ0v) is 38.1. The number of rotatable bonds is 4. The number of anilines is 3. The number of nitrogens with zero attached hydrogens (tertiary/aromatic N) is 7. The molecule has 4 heterocycles. The number of benzene rings is 6. The minimum Gasteiger partial charge on any atom is -0.380 e. The van der Waals surface area contributed by atoms with Gasteiger partial charge in [-0.3, -0.25) is 0 Å². The molecule has 0 atom stereocenters. The zero-order chi connectivity index (χ0) is 44.0. The molecule has 0 saturated heterocycles. The molecule has 308 valence electrons. The first kappa shape index (κ1) is 40.1. The molecule has 6 aromatic carbocycles. The SMILES string of the molecule is Cc1cc2c(cc1C)N(C)/C(=c1/ccc3c4cc/c(=C(/C#N)CNc5cc6c(cc5C)N(C)/C(=c5/ccc7c8ccc(=C(C#N)C#N)cc8n(C)c7c5)S6)cc4n(C(C)C)c3c1)S2. The highest BCUT2D eigenvalue weighted by atomic mass is 32.2. The third-order valence-electron chi connectivity index (χ3n) is 12.9. The Morgan fingerprint density at radius 2 is 1.06 bits per heavy atom. The first-order chi connectivity index (χ1) is 30.4. The molecule has 8 nitrogen and oxygen atoms in total. The molecule has 2 aromatic heterocycles. The van der Waals surface area contributed by atoms with E-state index in [0.29, 0.717) is 17.3 Å². The summed E-state index contributed by atoms with van der Waals surface area (Å²) in [5.41, 5.74) is 12.3. The van der Waals surface area contributed by atoms with Crippen molar-refractivity contribution in [2.75, 3.05) is 35.8 Å². The van der Waals surface area contributed by atoms with Gasteiger partial charge in [-0.05, 0) is 105 Å². The topological polar surface area (TPSA) is 99.7 Å². The van der Waals surface area contributed by atoms with Gasteiger partial charge >= 0.3 is 0 Å². The van der Waals surface area contributed by atoms with Crippen LogP contribution in [0.1, 0.15) is 36.6 Å². The van der Waals surface area contributed by atoms with Crippen LogP contribution in [0.5, 0.6) is 0 Å². The van der Waals surface area contributed by atoms with Crippen LogP contribution in [0.2, 0.25) is 0 Å². The molecular weight excluding hydrogens is 813 g/mol. The first-order valence-corrected chi connectivity index (χ1v) is 22.6. The van der Waals surface area contributed by atoms with Gasteiger partial charge < -0.3 is 24.3 Å². The largest absolute Gasteiger partial charge is 0.380 e. The number of nitrogens with one attached hydrogen (secondary N) is 1. The lowest BCUT2D eigenvalue weighted by molar-refractivity contribution is 0.642. The molecule has 0 radical (unpaired) electrons. The summed E-state index contributed by atoms with van der Waals surface area (Å²) in [5, 5.41) is 43.9. The predicted molar refractivity (Wildman–Crippen MR) is 263 cm³/mol. The molecule has 0 bridgehead atoms. The molecule has 10 rings (SSSR count). The Morgan fingerprint density at radius 3 is 1.67 bits per heavy atom. The quantitative estimate of drug-likeness (QED) is 0.187. The Balaban J connectivity index is 0.975. The second-order valence-electron chi connectivity index (χ2n) is 17.0. The van der Waals surface area contributed by atoms with E-state index in [0.717, 1.165) is 64.6 Å². The Bertz CT molecular complexity index is 3720. The van der Waals surface area contributed by atoms with Gasteiger partial charge in [0.05, 0.1) is 45.1 Å². The molecule has 0 spiro atoms. The van der Waals surface area contributed by atoms with E-state index in [1.807, 2.05) is 49.1 Å². The monoisotopic (exact) mass is 856 g/mol. The number of hydrogen-bond donors (Lipinski definition) is 1.